The van der Waals surface area contributed by atoms with Crippen LogP contribution in [0.5, 0.6) is 0 Å². The maximum Gasteiger partial charge on any atom is 0.154 e. The van der Waals surface area contributed by atoms with E-state index in [1.165, 1.54) is 10.6 Å². The van der Waals surface area contributed by atoms with Gasteiger partial charge in [0.15, 0.2) is 4.90 Å². The van der Waals surface area contributed by atoms with Gasteiger partial charge in [-0.05, 0) is 24.3 Å². The summed E-state index contributed by atoms with van der Waals surface area (Å²) >= 11 is 0. The summed E-state index contributed by atoms with van der Waals surface area (Å²) in [6.45, 7) is 0. The van der Waals surface area contributed by atoms with Gasteiger partial charge in [-0.1, -0.05) is 0 Å². The van der Waals surface area contributed by atoms with E-state index in [2.05, 4.69) is 55.8 Å². The van der Waals surface area contributed by atoms with Crippen molar-refractivity contribution in [2.75, 3.05) is 31.5 Å². The van der Waals surface area contributed by atoms with E-state index in [1.54, 1.807) is 0 Å². The lowest BCUT2D eigenvalue weighted by Crippen LogP contribution is -2.08. The van der Waals surface area contributed by atoms with Crippen LogP contribution in [0.15, 0.2) is 29.2 Å². The number of benzene rings is 1. The molecular formula is C10H16NS+. The number of anilines is 1. The zero-order valence-corrected chi connectivity index (χ0v) is 8.98. The third-order valence-electron chi connectivity index (χ3n) is 1.82. The molecule has 0 heterocycles. The van der Waals surface area contributed by atoms with Crippen LogP contribution in [-0.4, -0.2) is 26.6 Å². The van der Waals surface area contributed by atoms with Gasteiger partial charge in [0.2, 0.25) is 0 Å². The van der Waals surface area contributed by atoms with E-state index >= 15 is 0 Å². The highest BCUT2D eigenvalue weighted by Crippen LogP contribution is 2.15. The molecule has 0 bridgehead atoms. The Bertz CT molecular complexity index is 212. The monoisotopic (exact) mass is 182 g/mol. The molecule has 0 aromatic heterocycles. The number of nitrogens with zero attached hydrogens (tertiary/aromatic N) is 1. The molecule has 0 aliphatic heterocycles. The molecule has 0 radical (unpaired) electrons. The molecule has 66 valence electrons. The third kappa shape index (κ3) is 2.18. The second-order valence-corrected chi connectivity index (χ2v) is 5.31. The van der Waals surface area contributed by atoms with Crippen molar-refractivity contribution < 1.29 is 0 Å². The molecule has 2 heteroatoms. The number of rotatable bonds is 2. The largest absolute Gasteiger partial charge is 0.378 e. The first kappa shape index (κ1) is 9.46. The van der Waals surface area contributed by atoms with Crippen LogP contribution in [0.2, 0.25) is 0 Å². The van der Waals surface area contributed by atoms with E-state index in [0.717, 1.165) is 0 Å². The van der Waals surface area contributed by atoms with Crippen molar-refractivity contribution in [1.82, 2.24) is 0 Å². The molecule has 1 aromatic rings. The Morgan fingerprint density at radius 3 is 1.83 bits per heavy atom. The molecule has 0 atom stereocenters. The van der Waals surface area contributed by atoms with Gasteiger partial charge >= 0.3 is 0 Å². The maximum absolute atomic E-state index is 2.24. The SMILES string of the molecule is CN(C)c1ccc([S+](C)C)cc1. The summed E-state index contributed by atoms with van der Waals surface area (Å²) in [6, 6.07) is 8.75. The molecular weight excluding hydrogens is 166 g/mol. The Hall–Kier alpha value is -0.630. The van der Waals surface area contributed by atoms with Crippen LogP contribution < -0.4 is 4.90 Å². The molecule has 0 N–H and O–H groups in total. The van der Waals surface area contributed by atoms with Crippen molar-refractivity contribution in [3.05, 3.63) is 24.3 Å². The fourth-order valence-electron chi connectivity index (χ4n) is 1.02. The number of hydrogen-bond acceptors (Lipinski definition) is 1. The van der Waals surface area contributed by atoms with Gasteiger partial charge in [-0.2, -0.15) is 0 Å². The fraction of sp³-hybridized carbons (Fsp3) is 0.400. The molecule has 1 aromatic carbocycles. The molecule has 0 fully saturated rings. The average molecular weight is 182 g/mol. The van der Waals surface area contributed by atoms with Gasteiger partial charge in [-0.15, -0.1) is 0 Å². The molecule has 0 aliphatic rings. The molecule has 0 aliphatic carbocycles. The zero-order chi connectivity index (χ0) is 9.14. The lowest BCUT2D eigenvalue weighted by atomic mass is 10.3. The van der Waals surface area contributed by atoms with Gasteiger partial charge in [0.1, 0.15) is 12.5 Å². The predicted octanol–water partition coefficient (Wildman–Crippen LogP) is 1.99. The molecule has 12 heavy (non-hydrogen) atoms. The minimum atomic E-state index is 0.381. The Morgan fingerprint density at radius 1 is 1.00 bits per heavy atom. The average Bonchev–Trinajstić information content (AvgIpc) is 2.04. The van der Waals surface area contributed by atoms with Crippen molar-refractivity contribution in [1.29, 1.82) is 0 Å². The standard InChI is InChI=1S/C10H16NS/c1-11(2)9-5-7-10(8-6-9)12(3)4/h5-8H,1-4H3/q+1. The smallest absolute Gasteiger partial charge is 0.154 e. The third-order valence-corrected chi connectivity index (χ3v) is 3.04. The van der Waals surface area contributed by atoms with Crippen LogP contribution in [-0.2, 0) is 10.9 Å². The van der Waals surface area contributed by atoms with Crippen LogP contribution in [0.25, 0.3) is 0 Å². The van der Waals surface area contributed by atoms with Crippen molar-refractivity contribution in [3.8, 4) is 0 Å². The van der Waals surface area contributed by atoms with Crippen molar-refractivity contribution in [2.45, 2.75) is 4.90 Å². The summed E-state index contributed by atoms with van der Waals surface area (Å²) in [4.78, 5) is 3.55. The molecule has 0 saturated heterocycles. The Labute approximate surface area is 77.7 Å². The van der Waals surface area contributed by atoms with E-state index in [0.29, 0.717) is 10.9 Å². The molecule has 1 rings (SSSR count). The zero-order valence-electron chi connectivity index (χ0n) is 8.16. The summed E-state index contributed by atoms with van der Waals surface area (Å²) in [7, 11) is 4.51. The fourth-order valence-corrected chi connectivity index (χ4v) is 1.70. The summed E-state index contributed by atoms with van der Waals surface area (Å²) in [6.07, 6.45) is 4.48. The molecule has 0 amide bonds. The minimum Gasteiger partial charge on any atom is -0.378 e. The lowest BCUT2D eigenvalue weighted by Gasteiger charge is -2.11. The summed E-state index contributed by atoms with van der Waals surface area (Å²) in [5, 5.41) is 0. The van der Waals surface area contributed by atoms with Crippen molar-refractivity contribution in [2.24, 2.45) is 0 Å². The van der Waals surface area contributed by atoms with Crippen molar-refractivity contribution >= 4 is 16.6 Å². The van der Waals surface area contributed by atoms with E-state index < -0.39 is 0 Å². The first-order valence-electron chi connectivity index (χ1n) is 3.96. The van der Waals surface area contributed by atoms with Crippen LogP contribution in [0.3, 0.4) is 0 Å². The molecule has 1 nitrogen and oxygen atoms in total. The van der Waals surface area contributed by atoms with Crippen LogP contribution in [0.1, 0.15) is 0 Å². The van der Waals surface area contributed by atoms with Crippen LogP contribution in [0.4, 0.5) is 5.69 Å². The number of hydrogen-bond donors (Lipinski definition) is 0. The van der Waals surface area contributed by atoms with Crippen molar-refractivity contribution in [3.63, 3.8) is 0 Å². The van der Waals surface area contributed by atoms with Gasteiger partial charge in [-0.3, -0.25) is 0 Å². The van der Waals surface area contributed by atoms with E-state index in [1.807, 2.05) is 0 Å². The summed E-state index contributed by atoms with van der Waals surface area (Å²) < 4.78 is 0. The summed E-state index contributed by atoms with van der Waals surface area (Å²) in [5.41, 5.74) is 1.27. The maximum atomic E-state index is 2.24. The molecule has 0 unspecified atom stereocenters. The molecule has 0 spiro atoms. The Kier molecular flexibility index (Phi) is 3.04. The highest BCUT2D eigenvalue weighted by molar-refractivity contribution is 7.95. The minimum absolute atomic E-state index is 0.381. The lowest BCUT2D eigenvalue weighted by molar-refractivity contribution is 1.13. The van der Waals surface area contributed by atoms with E-state index in [-0.39, 0.29) is 0 Å². The highest BCUT2D eigenvalue weighted by atomic mass is 32.2. The van der Waals surface area contributed by atoms with Gasteiger partial charge < -0.3 is 4.90 Å². The quantitative estimate of drug-likeness (QED) is 0.632. The molecule has 0 saturated carbocycles. The predicted molar refractivity (Wildman–Crippen MR) is 58.2 cm³/mol. The van der Waals surface area contributed by atoms with Crippen LogP contribution in [0, 0.1) is 0 Å². The topological polar surface area (TPSA) is 3.24 Å². The summed E-state index contributed by atoms with van der Waals surface area (Å²) in [5.74, 6) is 0. The first-order chi connectivity index (χ1) is 5.61. The Morgan fingerprint density at radius 2 is 1.50 bits per heavy atom. The van der Waals surface area contributed by atoms with Gasteiger partial charge in [0.25, 0.3) is 0 Å². The second kappa shape index (κ2) is 3.85. The normalized spacial score (nSPS) is 10.4. The van der Waals surface area contributed by atoms with Crippen LogP contribution >= 0.6 is 0 Å². The van der Waals surface area contributed by atoms with E-state index in [9.17, 15) is 0 Å². The second-order valence-electron chi connectivity index (χ2n) is 3.20. The van der Waals surface area contributed by atoms with Gasteiger partial charge in [0.05, 0.1) is 0 Å². The first-order valence-corrected chi connectivity index (χ1v) is 6.00. The van der Waals surface area contributed by atoms with Gasteiger partial charge in [0, 0.05) is 30.7 Å². The van der Waals surface area contributed by atoms with Gasteiger partial charge in [-0.25, -0.2) is 0 Å². The highest BCUT2D eigenvalue weighted by Gasteiger charge is 2.06. The Balaban J connectivity index is 2.86. The van der Waals surface area contributed by atoms with E-state index in [4.69, 9.17) is 0 Å².